The predicted molar refractivity (Wildman–Crippen MR) is 117 cm³/mol. The Bertz CT molecular complexity index is 756. The van der Waals surface area contributed by atoms with E-state index in [0.717, 1.165) is 44.4 Å². The number of rotatable bonds is 9. The smallest absolute Gasteiger partial charge is 0.191 e. The highest BCUT2D eigenvalue weighted by atomic mass is 15.3. The summed E-state index contributed by atoms with van der Waals surface area (Å²) in [4.78, 5) is 7.16. The Kier molecular flexibility index (Phi) is 8.51. The van der Waals surface area contributed by atoms with Crippen LogP contribution < -0.4 is 10.6 Å². The number of benzene rings is 1. The van der Waals surface area contributed by atoms with Crippen LogP contribution in [0.5, 0.6) is 0 Å². The van der Waals surface area contributed by atoms with Gasteiger partial charge in [0.05, 0.1) is 12.2 Å². The van der Waals surface area contributed by atoms with Crippen LogP contribution in [-0.4, -0.2) is 40.3 Å². The molecule has 0 amide bonds. The van der Waals surface area contributed by atoms with Crippen molar-refractivity contribution in [3.05, 3.63) is 52.3 Å². The second-order valence-corrected chi connectivity index (χ2v) is 7.10. The SMILES string of the molecule is CCNC(=NCc1ccc(CN(CC)CC)cc1)NCc1c(C)nn(C)c1C. The molecule has 0 aliphatic rings. The molecule has 0 saturated heterocycles. The van der Waals surface area contributed by atoms with Crippen molar-refractivity contribution < 1.29 is 0 Å². The first kappa shape index (κ1) is 22.0. The van der Waals surface area contributed by atoms with Crippen molar-refractivity contribution in [3.8, 4) is 0 Å². The van der Waals surface area contributed by atoms with Crippen molar-refractivity contribution >= 4 is 5.96 Å². The fourth-order valence-electron chi connectivity index (χ4n) is 3.21. The first-order chi connectivity index (χ1) is 13.5. The lowest BCUT2D eigenvalue weighted by Crippen LogP contribution is -2.37. The van der Waals surface area contributed by atoms with Gasteiger partial charge in [-0.15, -0.1) is 0 Å². The molecule has 2 aromatic rings. The Morgan fingerprint density at radius 1 is 1.04 bits per heavy atom. The van der Waals surface area contributed by atoms with Crippen LogP contribution in [0.15, 0.2) is 29.3 Å². The molecule has 0 spiro atoms. The molecule has 1 aromatic heterocycles. The lowest BCUT2D eigenvalue weighted by Gasteiger charge is -2.18. The van der Waals surface area contributed by atoms with Crippen LogP contribution in [0.1, 0.15) is 48.8 Å². The largest absolute Gasteiger partial charge is 0.357 e. The van der Waals surface area contributed by atoms with Crippen molar-refractivity contribution in [2.24, 2.45) is 12.0 Å². The topological polar surface area (TPSA) is 57.5 Å². The number of hydrogen-bond acceptors (Lipinski definition) is 3. The third-order valence-electron chi connectivity index (χ3n) is 5.18. The molecule has 0 fully saturated rings. The van der Waals surface area contributed by atoms with E-state index in [1.807, 2.05) is 18.7 Å². The van der Waals surface area contributed by atoms with Gasteiger partial charge in [0.15, 0.2) is 5.96 Å². The minimum Gasteiger partial charge on any atom is -0.357 e. The quantitative estimate of drug-likeness (QED) is 0.515. The molecule has 0 saturated carbocycles. The van der Waals surface area contributed by atoms with Crippen molar-refractivity contribution in [2.75, 3.05) is 19.6 Å². The fourth-order valence-corrected chi connectivity index (χ4v) is 3.21. The van der Waals surface area contributed by atoms with Gasteiger partial charge in [-0.3, -0.25) is 9.58 Å². The molecule has 154 valence electrons. The highest BCUT2D eigenvalue weighted by molar-refractivity contribution is 5.79. The van der Waals surface area contributed by atoms with Crippen molar-refractivity contribution in [3.63, 3.8) is 0 Å². The van der Waals surface area contributed by atoms with Gasteiger partial charge in [0.25, 0.3) is 0 Å². The van der Waals surface area contributed by atoms with E-state index >= 15 is 0 Å². The Hall–Kier alpha value is -2.34. The molecule has 0 bridgehead atoms. The third-order valence-corrected chi connectivity index (χ3v) is 5.18. The average molecular weight is 385 g/mol. The predicted octanol–water partition coefficient (Wildman–Crippen LogP) is 3.13. The maximum absolute atomic E-state index is 4.74. The molecule has 2 rings (SSSR count). The zero-order chi connectivity index (χ0) is 20.5. The van der Waals surface area contributed by atoms with Gasteiger partial charge >= 0.3 is 0 Å². The summed E-state index contributed by atoms with van der Waals surface area (Å²) in [6, 6.07) is 8.79. The number of aromatic nitrogens is 2. The monoisotopic (exact) mass is 384 g/mol. The van der Waals surface area contributed by atoms with Crippen LogP contribution in [-0.2, 0) is 26.7 Å². The second-order valence-electron chi connectivity index (χ2n) is 7.10. The number of nitrogens with zero attached hydrogens (tertiary/aromatic N) is 4. The minimum atomic E-state index is 0.659. The fraction of sp³-hybridized carbons (Fsp3) is 0.545. The van der Waals surface area contributed by atoms with E-state index in [0.29, 0.717) is 6.54 Å². The Morgan fingerprint density at radius 3 is 2.21 bits per heavy atom. The van der Waals surface area contributed by atoms with Crippen molar-refractivity contribution in [1.29, 1.82) is 0 Å². The Balaban J connectivity index is 1.98. The number of guanidine groups is 1. The third kappa shape index (κ3) is 6.09. The second kappa shape index (κ2) is 10.9. The van der Waals surface area contributed by atoms with Crippen LogP contribution in [0.2, 0.25) is 0 Å². The molecule has 0 unspecified atom stereocenters. The van der Waals surface area contributed by atoms with Crippen LogP contribution in [0.4, 0.5) is 0 Å². The molecule has 0 aliphatic heterocycles. The minimum absolute atomic E-state index is 0.659. The standard InChI is InChI=1S/C22H36N6/c1-7-23-22(25-15-21-17(4)26-27(6)18(21)5)24-14-19-10-12-20(13-11-19)16-28(8-2)9-3/h10-13H,7-9,14-16H2,1-6H3,(H2,23,24,25). The van der Waals surface area contributed by atoms with E-state index in [1.165, 1.54) is 22.4 Å². The molecule has 1 heterocycles. The summed E-state index contributed by atoms with van der Waals surface area (Å²) in [6.07, 6.45) is 0. The summed E-state index contributed by atoms with van der Waals surface area (Å²) >= 11 is 0. The van der Waals surface area contributed by atoms with Crippen LogP contribution in [0, 0.1) is 13.8 Å². The van der Waals surface area contributed by atoms with Gasteiger partial charge in [0, 0.05) is 37.9 Å². The van der Waals surface area contributed by atoms with E-state index in [1.54, 1.807) is 0 Å². The van der Waals surface area contributed by atoms with Crippen LogP contribution >= 0.6 is 0 Å². The van der Waals surface area contributed by atoms with Gasteiger partial charge in [-0.2, -0.15) is 5.10 Å². The Labute approximate surface area is 170 Å². The average Bonchev–Trinajstić information content (AvgIpc) is 2.94. The zero-order valence-electron chi connectivity index (χ0n) is 18.3. The van der Waals surface area contributed by atoms with Gasteiger partial charge in [-0.05, 0) is 45.0 Å². The summed E-state index contributed by atoms with van der Waals surface area (Å²) in [6.45, 7) is 16.0. The van der Waals surface area contributed by atoms with E-state index in [-0.39, 0.29) is 0 Å². The highest BCUT2D eigenvalue weighted by Crippen LogP contribution is 2.11. The van der Waals surface area contributed by atoms with Crippen molar-refractivity contribution in [1.82, 2.24) is 25.3 Å². The zero-order valence-corrected chi connectivity index (χ0v) is 18.3. The van der Waals surface area contributed by atoms with E-state index in [2.05, 4.69) is 72.6 Å². The first-order valence-corrected chi connectivity index (χ1v) is 10.3. The van der Waals surface area contributed by atoms with Gasteiger partial charge < -0.3 is 10.6 Å². The molecule has 6 heteroatoms. The van der Waals surface area contributed by atoms with E-state index in [4.69, 9.17) is 4.99 Å². The van der Waals surface area contributed by atoms with Crippen LogP contribution in [0.25, 0.3) is 0 Å². The summed E-state index contributed by atoms with van der Waals surface area (Å²) < 4.78 is 1.93. The van der Waals surface area contributed by atoms with Crippen molar-refractivity contribution in [2.45, 2.75) is 54.3 Å². The van der Waals surface area contributed by atoms with Gasteiger partial charge in [-0.1, -0.05) is 38.1 Å². The summed E-state index contributed by atoms with van der Waals surface area (Å²) in [5, 5.41) is 11.2. The normalized spacial score (nSPS) is 11.9. The lowest BCUT2D eigenvalue weighted by molar-refractivity contribution is 0.296. The number of hydrogen-bond donors (Lipinski definition) is 2. The number of nitrogens with one attached hydrogen (secondary N) is 2. The number of aryl methyl sites for hydroxylation is 2. The molecule has 1 aromatic carbocycles. The van der Waals surface area contributed by atoms with E-state index < -0.39 is 0 Å². The lowest BCUT2D eigenvalue weighted by atomic mass is 10.1. The summed E-state index contributed by atoms with van der Waals surface area (Å²) in [5.41, 5.74) is 6.05. The van der Waals surface area contributed by atoms with Gasteiger partial charge in [-0.25, -0.2) is 4.99 Å². The molecular formula is C22H36N6. The molecular weight excluding hydrogens is 348 g/mol. The number of aliphatic imine (C=N–C) groups is 1. The molecule has 0 radical (unpaired) electrons. The van der Waals surface area contributed by atoms with E-state index in [9.17, 15) is 0 Å². The summed E-state index contributed by atoms with van der Waals surface area (Å²) in [5.74, 6) is 0.831. The first-order valence-electron chi connectivity index (χ1n) is 10.3. The summed E-state index contributed by atoms with van der Waals surface area (Å²) in [7, 11) is 1.98. The molecule has 6 nitrogen and oxygen atoms in total. The molecule has 0 aliphatic carbocycles. The maximum atomic E-state index is 4.74. The van der Waals surface area contributed by atoms with Gasteiger partial charge in [0.1, 0.15) is 0 Å². The highest BCUT2D eigenvalue weighted by Gasteiger charge is 2.09. The molecule has 2 N–H and O–H groups in total. The Morgan fingerprint density at radius 2 is 1.68 bits per heavy atom. The molecule has 28 heavy (non-hydrogen) atoms. The van der Waals surface area contributed by atoms with Gasteiger partial charge in [0.2, 0.25) is 0 Å². The van der Waals surface area contributed by atoms with Crippen LogP contribution in [0.3, 0.4) is 0 Å². The molecule has 0 atom stereocenters. The maximum Gasteiger partial charge on any atom is 0.191 e.